The number of benzene rings is 3. The highest BCUT2D eigenvalue weighted by Gasteiger charge is 2.37. The summed E-state index contributed by atoms with van der Waals surface area (Å²) < 4.78 is 5.52. The molecule has 0 saturated carbocycles. The summed E-state index contributed by atoms with van der Waals surface area (Å²) in [4.78, 5) is 43.3. The molecule has 8 heteroatoms. The monoisotopic (exact) mass is 591 g/mol. The van der Waals surface area contributed by atoms with Crippen molar-refractivity contribution in [1.29, 1.82) is 0 Å². The van der Waals surface area contributed by atoms with E-state index < -0.39 is 23.8 Å². The Balaban J connectivity index is 2.11. The van der Waals surface area contributed by atoms with E-state index in [-0.39, 0.29) is 24.8 Å². The van der Waals surface area contributed by atoms with Gasteiger partial charge in [-0.25, -0.2) is 4.79 Å². The molecular formula is C34H42ClN3O4. The van der Waals surface area contributed by atoms with Gasteiger partial charge in [-0.3, -0.25) is 9.59 Å². The largest absolute Gasteiger partial charge is 0.444 e. The van der Waals surface area contributed by atoms with E-state index in [4.69, 9.17) is 16.3 Å². The number of hydrogen-bond donors (Lipinski definition) is 2. The molecular weight excluding hydrogens is 550 g/mol. The van der Waals surface area contributed by atoms with E-state index in [2.05, 4.69) is 10.6 Å². The molecule has 2 N–H and O–H groups in total. The molecule has 2 atom stereocenters. The van der Waals surface area contributed by atoms with E-state index in [9.17, 15) is 14.4 Å². The minimum atomic E-state index is -0.979. The van der Waals surface area contributed by atoms with Gasteiger partial charge >= 0.3 is 6.09 Å². The lowest BCUT2D eigenvalue weighted by Gasteiger charge is -2.36. The Kier molecular flexibility index (Phi) is 11.2. The quantitative estimate of drug-likeness (QED) is 0.258. The molecule has 3 aromatic rings. The number of nitrogens with one attached hydrogen (secondary N) is 2. The molecule has 0 bridgehead atoms. The third-order valence-electron chi connectivity index (χ3n) is 6.87. The van der Waals surface area contributed by atoms with Crippen LogP contribution in [-0.4, -0.2) is 41.0 Å². The van der Waals surface area contributed by atoms with Crippen LogP contribution in [0.15, 0.2) is 66.7 Å². The van der Waals surface area contributed by atoms with Crippen LogP contribution >= 0.6 is 11.6 Å². The van der Waals surface area contributed by atoms with E-state index in [1.54, 1.807) is 31.7 Å². The number of halogens is 1. The highest BCUT2D eigenvalue weighted by Crippen LogP contribution is 2.32. The Hall–Kier alpha value is -3.84. The first-order chi connectivity index (χ1) is 19.8. The number of para-hydroxylation sites is 1. The Labute approximate surface area is 254 Å². The topological polar surface area (TPSA) is 87.7 Å². The van der Waals surface area contributed by atoms with E-state index in [0.717, 1.165) is 27.8 Å². The SMILES string of the molecule is CCCN(C(=O)C(Cc1ccccc1)NC(=O)OC(C)(C)C)C(C(=O)Nc1c(C)cccc1Cl)c1c(C)cccc1C. The van der Waals surface area contributed by atoms with Crippen LogP contribution in [0.5, 0.6) is 0 Å². The molecule has 0 heterocycles. The van der Waals surface area contributed by atoms with Crippen LogP contribution in [0, 0.1) is 20.8 Å². The lowest BCUT2D eigenvalue weighted by Crippen LogP contribution is -2.53. The molecule has 0 radical (unpaired) electrons. The van der Waals surface area contributed by atoms with E-state index in [1.807, 2.05) is 88.4 Å². The summed E-state index contributed by atoms with van der Waals surface area (Å²) in [6.45, 7) is 13.3. The predicted molar refractivity (Wildman–Crippen MR) is 169 cm³/mol. The molecule has 224 valence electrons. The first kappa shape index (κ1) is 32.7. The minimum absolute atomic E-state index is 0.226. The number of ether oxygens (including phenoxy) is 1. The average Bonchev–Trinajstić information content (AvgIpc) is 2.91. The standard InChI is InChI=1S/C34H42ClN3O4/c1-8-20-38(32(40)27(21-25-17-10-9-11-18-25)36-33(41)42-34(5,6)7)30(28-22(2)14-12-15-23(28)3)31(39)37-29-24(4)16-13-19-26(29)35/h9-19,27,30H,8,20-21H2,1-7H3,(H,36,41)(H,37,39). The van der Waals surface area contributed by atoms with Crippen LogP contribution in [0.3, 0.4) is 0 Å². The van der Waals surface area contributed by atoms with Crippen molar-refractivity contribution < 1.29 is 19.1 Å². The van der Waals surface area contributed by atoms with Gasteiger partial charge in [-0.15, -0.1) is 0 Å². The third-order valence-corrected chi connectivity index (χ3v) is 7.18. The van der Waals surface area contributed by atoms with Crippen molar-refractivity contribution in [2.45, 2.75) is 79.0 Å². The van der Waals surface area contributed by atoms with Crippen molar-refractivity contribution in [2.75, 3.05) is 11.9 Å². The fraction of sp³-hybridized carbons (Fsp3) is 0.382. The molecule has 0 aliphatic carbocycles. The van der Waals surface area contributed by atoms with Gasteiger partial charge in [-0.1, -0.05) is 79.2 Å². The first-order valence-electron chi connectivity index (χ1n) is 14.3. The lowest BCUT2D eigenvalue weighted by molar-refractivity contribution is -0.140. The second kappa shape index (κ2) is 14.4. The maximum absolute atomic E-state index is 14.5. The van der Waals surface area contributed by atoms with Gasteiger partial charge in [0.15, 0.2) is 0 Å². The Bertz CT molecular complexity index is 1360. The van der Waals surface area contributed by atoms with Gasteiger partial charge in [0.25, 0.3) is 5.91 Å². The molecule has 0 aliphatic heterocycles. The van der Waals surface area contributed by atoms with Crippen molar-refractivity contribution in [3.63, 3.8) is 0 Å². The number of alkyl carbamates (subject to hydrolysis) is 1. The minimum Gasteiger partial charge on any atom is -0.444 e. The molecule has 0 aliphatic rings. The van der Waals surface area contributed by atoms with Crippen molar-refractivity contribution in [3.8, 4) is 0 Å². The molecule has 3 rings (SSSR count). The molecule has 0 fully saturated rings. The maximum Gasteiger partial charge on any atom is 0.408 e. The van der Waals surface area contributed by atoms with Crippen LogP contribution in [-0.2, 0) is 20.7 Å². The van der Waals surface area contributed by atoms with Crippen LogP contribution in [0.2, 0.25) is 5.02 Å². The summed E-state index contributed by atoms with van der Waals surface area (Å²) in [6.07, 6.45) is 0.118. The van der Waals surface area contributed by atoms with Crippen molar-refractivity contribution in [1.82, 2.24) is 10.2 Å². The molecule has 7 nitrogen and oxygen atoms in total. The summed E-state index contributed by atoms with van der Waals surface area (Å²) in [7, 11) is 0. The number of anilines is 1. The zero-order valence-corrected chi connectivity index (χ0v) is 26.3. The van der Waals surface area contributed by atoms with Crippen molar-refractivity contribution in [3.05, 3.63) is 99.6 Å². The Morgan fingerprint density at radius 2 is 1.48 bits per heavy atom. The summed E-state index contributed by atoms with van der Waals surface area (Å²) in [6, 6.07) is 18.7. The molecule has 3 aromatic carbocycles. The predicted octanol–water partition coefficient (Wildman–Crippen LogP) is 7.32. The fourth-order valence-corrected chi connectivity index (χ4v) is 5.25. The van der Waals surface area contributed by atoms with Crippen molar-refractivity contribution >= 4 is 35.2 Å². The number of aryl methyl sites for hydroxylation is 3. The summed E-state index contributed by atoms with van der Waals surface area (Å²) in [5.74, 6) is -0.772. The van der Waals surface area contributed by atoms with Crippen LogP contribution in [0.1, 0.15) is 68.0 Å². The number of carbonyl (C=O) groups excluding carboxylic acids is 3. The average molecular weight is 592 g/mol. The van der Waals surface area contributed by atoms with Crippen LogP contribution in [0.4, 0.5) is 10.5 Å². The lowest BCUT2D eigenvalue weighted by atomic mass is 9.93. The first-order valence-corrected chi connectivity index (χ1v) is 14.7. The van der Waals surface area contributed by atoms with Gasteiger partial charge in [0.05, 0.1) is 10.7 Å². The summed E-state index contributed by atoms with van der Waals surface area (Å²) in [5, 5.41) is 6.21. The highest BCUT2D eigenvalue weighted by molar-refractivity contribution is 6.34. The number of rotatable bonds is 10. The highest BCUT2D eigenvalue weighted by atomic mass is 35.5. The second-order valence-electron chi connectivity index (χ2n) is 11.5. The zero-order valence-electron chi connectivity index (χ0n) is 25.6. The van der Waals surface area contributed by atoms with Gasteiger partial charge in [-0.2, -0.15) is 0 Å². The van der Waals surface area contributed by atoms with Gasteiger partial charge < -0.3 is 20.3 Å². The zero-order chi connectivity index (χ0) is 31.0. The van der Waals surface area contributed by atoms with Crippen molar-refractivity contribution in [2.24, 2.45) is 0 Å². The molecule has 2 unspecified atom stereocenters. The number of amides is 3. The Morgan fingerprint density at radius 1 is 0.881 bits per heavy atom. The number of nitrogens with zero attached hydrogens (tertiary/aromatic N) is 1. The van der Waals surface area contributed by atoms with Crippen LogP contribution in [0.25, 0.3) is 0 Å². The van der Waals surface area contributed by atoms with Gasteiger partial charge in [0.1, 0.15) is 17.7 Å². The molecule has 0 saturated heterocycles. The van der Waals surface area contributed by atoms with E-state index >= 15 is 0 Å². The van der Waals surface area contributed by atoms with Gasteiger partial charge in [0, 0.05) is 13.0 Å². The van der Waals surface area contributed by atoms with Gasteiger partial charge in [0.2, 0.25) is 5.91 Å². The molecule has 0 spiro atoms. The molecule has 3 amide bonds. The third kappa shape index (κ3) is 8.58. The summed E-state index contributed by atoms with van der Waals surface area (Å²) in [5.41, 5.74) is 3.90. The molecule has 0 aromatic heterocycles. The normalized spacial score (nSPS) is 12.7. The Morgan fingerprint density at radius 3 is 2.05 bits per heavy atom. The fourth-order valence-electron chi connectivity index (χ4n) is 4.98. The molecule has 42 heavy (non-hydrogen) atoms. The second-order valence-corrected chi connectivity index (χ2v) is 12.0. The van der Waals surface area contributed by atoms with E-state index in [1.165, 1.54) is 0 Å². The van der Waals surface area contributed by atoms with E-state index in [0.29, 0.717) is 17.1 Å². The number of hydrogen-bond acceptors (Lipinski definition) is 4. The summed E-state index contributed by atoms with van der Waals surface area (Å²) >= 11 is 6.48. The number of carbonyl (C=O) groups is 3. The maximum atomic E-state index is 14.5. The van der Waals surface area contributed by atoms with Crippen LogP contribution < -0.4 is 10.6 Å². The van der Waals surface area contributed by atoms with Gasteiger partial charge in [-0.05, 0) is 81.8 Å². The smallest absolute Gasteiger partial charge is 0.408 e.